The molecule has 46 heavy (non-hydrogen) atoms. The van der Waals surface area contributed by atoms with Crippen molar-refractivity contribution in [3.8, 4) is 11.3 Å². The van der Waals surface area contributed by atoms with Gasteiger partial charge in [0.2, 0.25) is 5.95 Å². The molecule has 2 N–H and O–H groups in total. The zero-order chi connectivity index (χ0) is 32.7. The van der Waals surface area contributed by atoms with Crippen molar-refractivity contribution >= 4 is 29.1 Å². The topological polar surface area (TPSA) is 125 Å². The Labute approximate surface area is 266 Å². The highest BCUT2D eigenvalue weighted by atomic mass is 35.5. The van der Waals surface area contributed by atoms with E-state index < -0.39 is 41.6 Å². The molecule has 1 aromatic carbocycles. The molecule has 11 nitrogen and oxygen atoms in total. The Morgan fingerprint density at radius 1 is 1.11 bits per heavy atom. The Bertz CT molecular complexity index is 1720. The first kappa shape index (κ1) is 31.8. The molecule has 0 aliphatic carbocycles. The second-order valence-corrected chi connectivity index (χ2v) is 11.8. The normalized spacial score (nSPS) is 21.3. The minimum absolute atomic E-state index is 0.0330. The molecule has 16 heteroatoms. The number of carbonyl (C=O) groups excluding carboxylic acids is 1. The zero-order valence-corrected chi connectivity index (χ0v) is 25.5. The molecule has 0 spiro atoms. The Balaban J connectivity index is 1.11. The first-order valence-corrected chi connectivity index (χ1v) is 15.0. The molecule has 4 aromatic rings. The summed E-state index contributed by atoms with van der Waals surface area (Å²) in [5.74, 6) is -1.23. The van der Waals surface area contributed by atoms with Crippen LogP contribution in [-0.4, -0.2) is 89.6 Å². The minimum atomic E-state index is -3.01. The number of carbonyl (C=O) groups is 1. The van der Waals surface area contributed by atoms with E-state index in [0.717, 1.165) is 43.1 Å². The smallest absolute Gasteiger partial charge is 0.275 e. The number of nitrogens with one attached hydrogen (secondary N) is 1. The van der Waals surface area contributed by atoms with Gasteiger partial charge in [-0.05, 0) is 26.3 Å². The van der Waals surface area contributed by atoms with Gasteiger partial charge in [-0.1, -0.05) is 17.7 Å². The number of rotatable bonds is 9. The van der Waals surface area contributed by atoms with Gasteiger partial charge in [0.05, 0.1) is 47.1 Å². The van der Waals surface area contributed by atoms with E-state index in [-0.39, 0.29) is 41.1 Å². The summed E-state index contributed by atoms with van der Waals surface area (Å²) in [4.78, 5) is 34.1. The summed E-state index contributed by atoms with van der Waals surface area (Å²) in [5.41, 5.74) is -0.568. The number of halogens is 5. The van der Waals surface area contributed by atoms with Crippen LogP contribution in [0.4, 0.5) is 29.2 Å². The third-order valence-electron chi connectivity index (χ3n) is 8.59. The number of aliphatic hydroxyl groups is 1. The third kappa shape index (κ3) is 6.13. The van der Waals surface area contributed by atoms with Crippen molar-refractivity contribution in [2.75, 3.05) is 29.9 Å². The average Bonchev–Trinajstić information content (AvgIpc) is 3.63. The van der Waals surface area contributed by atoms with Crippen LogP contribution in [0.1, 0.15) is 54.4 Å². The van der Waals surface area contributed by atoms with Gasteiger partial charge in [-0.3, -0.25) is 19.4 Å². The molecule has 6 rings (SSSR count). The molecular weight excluding hydrogens is 630 g/mol. The van der Waals surface area contributed by atoms with Crippen LogP contribution in [0.15, 0.2) is 49.3 Å². The van der Waals surface area contributed by atoms with Crippen LogP contribution in [0, 0.1) is 5.82 Å². The lowest BCUT2D eigenvalue weighted by Gasteiger charge is -2.47. The Kier molecular flexibility index (Phi) is 8.90. The molecule has 2 saturated heterocycles. The van der Waals surface area contributed by atoms with Crippen molar-refractivity contribution in [3.05, 3.63) is 77.0 Å². The number of hydrogen-bond donors (Lipinski definition) is 2. The number of likely N-dealkylation sites (tertiary alicyclic amines) is 1. The van der Waals surface area contributed by atoms with Crippen molar-refractivity contribution in [1.82, 2.24) is 34.6 Å². The summed E-state index contributed by atoms with van der Waals surface area (Å²) < 4.78 is 57.4. The number of aliphatic hydroxyl groups excluding tert-OH is 1. The maximum Gasteiger partial charge on any atom is 0.275 e. The molecule has 5 heterocycles. The molecule has 0 saturated carbocycles. The molecule has 0 radical (unpaired) electrons. The van der Waals surface area contributed by atoms with E-state index in [9.17, 15) is 27.5 Å². The predicted octanol–water partition coefficient (Wildman–Crippen LogP) is 4.70. The summed E-state index contributed by atoms with van der Waals surface area (Å²) in [5, 5.41) is 16.4. The minimum Gasteiger partial charge on any atom is -0.389 e. The standard InChI is InChI=1S/C30H30ClF4N9O2/c1-15(17-7-37-30(38-8-17)43-6-5-24(43)16(2)42-13-21(32)25(45)14-42)44-12-18(9-39-44)40-29(46)23-11-36-10-22(41-23)26-19(28(34)35)3-4-20(31)27(26)33/h3-4,7-12,15-16,21,24-25,28,45H,5-6,13-14H2,1-2H3,(H,40,46)/t15?,16?,21-,24+,25-/m1/s1. The number of β-amino-alcohol motifs (C(OH)–C–C–N with tert-alkyl or cyclic N) is 1. The first-order valence-electron chi connectivity index (χ1n) is 14.6. The number of benzene rings is 1. The maximum absolute atomic E-state index is 14.7. The van der Waals surface area contributed by atoms with Crippen molar-refractivity contribution in [3.63, 3.8) is 0 Å². The lowest BCUT2D eigenvalue weighted by atomic mass is 9.95. The number of alkyl halides is 3. The monoisotopic (exact) mass is 659 g/mol. The Morgan fingerprint density at radius 3 is 2.52 bits per heavy atom. The largest absolute Gasteiger partial charge is 0.389 e. The van der Waals surface area contributed by atoms with Crippen LogP contribution < -0.4 is 10.2 Å². The van der Waals surface area contributed by atoms with Crippen LogP contribution in [0.2, 0.25) is 5.02 Å². The first-order chi connectivity index (χ1) is 22.0. The van der Waals surface area contributed by atoms with Crippen LogP contribution in [0.3, 0.4) is 0 Å². The van der Waals surface area contributed by atoms with Crippen molar-refractivity contribution in [2.24, 2.45) is 0 Å². The van der Waals surface area contributed by atoms with Crippen LogP contribution in [0.25, 0.3) is 11.3 Å². The molecule has 3 aromatic heterocycles. The van der Waals surface area contributed by atoms with E-state index in [4.69, 9.17) is 11.6 Å². The zero-order valence-electron chi connectivity index (χ0n) is 24.7. The number of aromatic nitrogens is 6. The summed E-state index contributed by atoms with van der Waals surface area (Å²) in [6.45, 7) is 5.20. The molecule has 2 unspecified atom stereocenters. The van der Waals surface area contributed by atoms with E-state index in [1.807, 2.05) is 18.7 Å². The van der Waals surface area contributed by atoms with E-state index in [2.05, 4.69) is 35.3 Å². The Hall–Kier alpha value is -4.21. The highest BCUT2D eigenvalue weighted by Gasteiger charge is 2.41. The van der Waals surface area contributed by atoms with Gasteiger partial charge in [0.25, 0.3) is 12.3 Å². The lowest BCUT2D eigenvalue weighted by Crippen LogP contribution is -2.59. The second kappa shape index (κ2) is 12.9. The number of hydrogen-bond acceptors (Lipinski definition) is 9. The summed E-state index contributed by atoms with van der Waals surface area (Å²) in [6.07, 6.45) is 4.34. The van der Waals surface area contributed by atoms with E-state index in [0.29, 0.717) is 18.2 Å². The van der Waals surface area contributed by atoms with Gasteiger partial charge in [0.15, 0.2) is 5.82 Å². The third-order valence-corrected chi connectivity index (χ3v) is 8.88. The van der Waals surface area contributed by atoms with E-state index in [1.165, 1.54) is 6.20 Å². The molecular formula is C30H30ClF4N9O2. The van der Waals surface area contributed by atoms with Gasteiger partial charge < -0.3 is 15.3 Å². The van der Waals surface area contributed by atoms with Gasteiger partial charge in [0.1, 0.15) is 11.9 Å². The van der Waals surface area contributed by atoms with Crippen molar-refractivity contribution in [1.29, 1.82) is 0 Å². The highest BCUT2D eigenvalue weighted by Crippen LogP contribution is 2.35. The fraction of sp³-hybridized carbons (Fsp3) is 0.400. The second-order valence-electron chi connectivity index (χ2n) is 11.4. The Morgan fingerprint density at radius 2 is 1.87 bits per heavy atom. The molecule has 2 aliphatic rings. The number of anilines is 2. The molecule has 0 bridgehead atoms. The fourth-order valence-corrected chi connectivity index (χ4v) is 5.93. The quantitative estimate of drug-likeness (QED) is 0.246. The summed E-state index contributed by atoms with van der Waals surface area (Å²) >= 11 is 5.81. The van der Waals surface area contributed by atoms with Gasteiger partial charge in [-0.25, -0.2) is 32.5 Å². The highest BCUT2D eigenvalue weighted by molar-refractivity contribution is 6.31. The molecule has 2 aliphatic heterocycles. The number of nitrogens with zero attached hydrogens (tertiary/aromatic N) is 8. The van der Waals surface area contributed by atoms with Gasteiger partial charge in [-0.15, -0.1) is 0 Å². The predicted molar refractivity (Wildman–Crippen MR) is 161 cm³/mol. The lowest BCUT2D eigenvalue weighted by molar-refractivity contribution is 0.102. The van der Waals surface area contributed by atoms with Crippen LogP contribution in [-0.2, 0) is 0 Å². The number of amides is 1. The molecule has 242 valence electrons. The van der Waals surface area contributed by atoms with Crippen LogP contribution >= 0.6 is 11.6 Å². The van der Waals surface area contributed by atoms with Crippen molar-refractivity contribution in [2.45, 2.75) is 57.1 Å². The van der Waals surface area contributed by atoms with Crippen molar-refractivity contribution < 1.29 is 27.5 Å². The van der Waals surface area contributed by atoms with Gasteiger partial charge in [-0.2, -0.15) is 5.10 Å². The molecule has 1 amide bonds. The van der Waals surface area contributed by atoms with E-state index >= 15 is 0 Å². The summed E-state index contributed by atoms with van der Waals surface area (Å²) in [7, 11) is 0. The van der Waals surface area contributed by atoms with Crippen LogP contribution in [0.5, 0.6) is 0 Å². The molecule has 2 fully saturated rings. The van der Waals surface area contributed by atoms with Gasteiger partial charge >= 0.3 is 0 Å². The SMILES string of the molecule is CC([C@@H]1CCN1c1ncc(C(C)n2cc(NC(=O)c3cncc(-c4c(C(F)F)ccc(Cl)c4F)n3)cn2)cn1)N1C[C@@H](O)[C@H](F)C1. The molecule has 5 atom stereocenters. The fourth-order valence-electron chi connectivity index (χ4n) is 5.77. The summed E-state index contributed by atoms with van der Waals surface area (Å²) in [6, 6.07) is 1.87. The van der Waals surface area contributed by atoms with Gasteiger partial charge in [0, 0.05) is 67.0 Å². The van der Waals surface area contributed by atoms with E-state index in [1.54, 1.807) is 23.3 Å². The average molecular weight is 660 g/mol. The maximum atomic E-state index is 14.7.